The fourth-order valence-corrected chi connectivity index (χ4v) is 5.70. The summed E-state index contributed by atoms with van der Waals surface area (Å²) in [5.41, 5.74) is 3.64. The zero-order chi connectivity index (χ0) is 29.1. The number of nitrogens with zero attached hydrogens (tertiary/aromatic N) is 5. The van der Waals surface area contributed by atoms with Gasteiger partial charge in [-0.1, -0.05) is 31.0 Å². The molecular weight excluding hydrogens is 528 g/mol. The molecule has 1 amide bonds. The zero-order valence-corrected chi connectivity index (χ0v) is 23.5. The maximum atomic E-state index is 13.4. The third-order valence-corrected chi connectivity index (χ3v) is 7.67. The summed E-state index contributed by atoms with van der Waals surface area (Å²) in [6.45, 7) is 2.07. The number of benzene rings is 1. The predicted octanol–water partition coefficient (Wildman–Crippen LogP) is 5.02. The number of nitrogens with one attached hydrogen (secondary N) is 1. The van der Waals surface area contributed by atoms with Gasteiger partial charge >= 0.3 is 5.97 Å². The van der Waals surface area contributed by atoms with E-state index in [9.17, 15) is 14.7 Å². The van der Waals surface area contributed by atoms with Gasteiger partial charge in [-0.05, 0) is 73.5 Å². The highest BCUT2D eigenvalue weighted by atomic mass is 16.4. The highest BCUT2D eigenvalue weighted by Crippen LogP contribution is 2.30. The van der Waals surface area contributed by atoms with Gasteiger partial charge in [0.2, 0.25) is 5.91 Å². The average molecular weight is 565 g/mol. The number of carboxylic acid groups (broad SMARTS) is 1. The Hall–Kier alpha value is -4.47. The molecule has 216 valence electrons. The third kappa shape index (κ3) is 8.05. The van der Waals surface area contributed by atoms with Crippen LogP contribution in [0.3, 0.4) is 0 Å². The molecule has 0 bridgehead atoms. The number of pyridine rings is 3. The summed E-state index contributed by atoms with van der Waals surface area (Å²) in [5.74, 6) is -1.15. The lowest BCUT2D eigenvalue weighted by molar-refractivity contribution is -0.118. The average Bonchev–Trinajstić information content (AvgIpc) is 3.02. The molecule has 1 aromatic carbocycles. The van der Waals surface area contributed by atoms with Crippen molar-refractivity contribution in [3.8, 4) is 0 Å². The SMILES string of the molecule is O=C(CN(Cc1ccccn1)[C@H]1CCCCC1N(Cc1ccccn1)Cc1ccccn1)Nc1ccc(C(=O)O)cc1. The topological polar surface area (TPSA) is 112 Å². The number of carbonyl (C=O) groups is 2. The Balaban J connectivity index is 1.40. The van der Waals surface area contributed by atoms with Gasteiger partial charge in [0.1, 0.15) is 0 Å². The molecule has 1 aliphatic rings. The molecule has 0 saturated heterocycles. The van der Waals surface area contributed by atoms with Crippen molar-refractivity contribution >= 4 is 17.6 Å². The van der Waals surface area contributed by atoms with Crippen LogP contribution in [0.1, 0.15) is 53.1 Å². The number of rotatable bonds is 12. The number of hydrogen-bond acceptors (Lipinski definition) is 7. The molecule has 9 heteroatoms. The van der Waals surface area contributed by atoms with Gasteiger partial charge in [0.25, 0.3) is 0 Å². The minimum absolute atomic E-state index is 0.105. The highest BCUT2D eigenvalue weighted by Gasteiger charge is 2.35. The lowest BCUT2D eigenvalue weighted by Crippen LogP contribution is -2.54. The summed E-state index contributed by atoms with van der Waals surface area (Å²) < 4.78 is 0. The molecule has 5 rings (SSSR count). The van der Waals surface area contributed by atoms with E-state index >= 15 is 0 Å². The summed E-state index contributed by atoms with van der Waals surface area (Å²) in [6.07, 6.45) is 9.59. The minimum Gasteiger partial charge on any atom is -0.478 e. The van der Waals surface area contributed by atoms with Gasteiger partial charge < -0.3 is 10.4 Å². The largest absolute Gasteiger partial charge is 0.478 e. The standard InChI is InChI=1S/C33H36N6O3/c40-32(37-26-16-14-25(15-17-26)33(41)42)24-39(23-29-11-5-8-20-36-29)31-13-2-1-12-30(31)38(21-27-9-3-6-18-34-27)22-28-10-4-7-19-35-28/h3-11,14-20,30-31H,1-2,12-13,21-24H2,(H,37,40)(H,41,42)/t30?,31-/m0/s1. The highest BCUT2D eigenvalue weighted by molar-refractivity contribution is 5.93. The smallest absolute Gasteiger partial charge is 0.335 e. The van der Waals surface area contributed by atoms with Crippen LogP contribution < -0.4 is 5.32 Å². The van der Waals surface area contributed by atoms with Crippen molar-refractivity contribution in [1.82, 2.24) is 24.8 Å². The molecular formula is C33H36N6O3. The Bertz CT molecular complexity index is 1380. The van der Waals surface area contributed by atoms with E-state index in [2.05, 4.69) is 42.2 Å². The summed E-state index contributed by atoms with van der Waals surface area (Å²) in [5, 5.41) is 12.2. The molecule has 1 saturated carbocycles. The molecule has 0 aliphatic heterocycles. The number of carbonyl (C=O) groups excluding carboxylic acids is 1. The van der Waals surface area contributed by atoms with E-state index in [1.807, 2.05) is 54.9 Å². The van der Waals surface area contributed by atoms with Crippen molar-refractivity contribution in [2.75, 3.05) is 11.9 Å². The van der Waals surface area contributed by atoms with Gasteiger partial charge in [0.15, 0.2) is 0 Å². The maximum Gasteiger partial charge on any atom is 0.335 e. The first kappa shape index (κ1) is 29.0. The third-order valence-electron chi connectivity index (χ3n) is 7.67. The van der Waals surface area contributed by atoms with Crippen molar-refractivity contribution in [3.05, 3.63) is 120 Å². The first-order chi connectivity index (χ1) is 20.5. The maximum absolute atomic E-state index is 13.4. The molecule has 1 unspecified atom stereocenters. The van der Waals surface area contributed by atoms with E-state index < -0.39 is 5.97 Å². The summed E-state index contributed by atoms with van der Waals surface area (Å²) in [4.78, 5) is 43.2. The van der Waals surface area contributed by atoms with Crippen LogP contribution in [-0.4, -0.2) is 60.4 Å². The molecule has 1 fully saturated rings. The van der Waals surface area contributed by atoms with Crippen LogP contribution in [0.2, 0.25) is 0 Å². The van der Waals surface area contributed by atoms with Crippen molar-refractivity contribution < 1.29 is 14.7 Å². The lowest BCUT2D eigenvalue weighted by atomic mass is 9.87. The zero-order valence-electron chi connectivity index (χ0n) is 23.5. The lowest BCUT2D eigenvalue weighted by Gasteiger charge is -2.45. The molecule has 0 radical (unpaired) electrons. The number of anilines is 1. The monoisotopic (exact) mass is 564 g/mol. The van der Waals surface area contributed by atoms with Gasteiger partial charge in [0, 0.05) is 56.0 Å². The number of amides is 1. The van der Waals surface area contributed by atoms with Crippen LogP contribution in [0, 0.1) is 0 Å². The molecule has 4 aromatic rings. The van der Waals surface area contributed by atoms with Gasteiger partial charge in [0.05, 0.1) is 29.2 Å². The van der Waals surface area contributed by atoms with E-state index in [4.69, 9.17) is 0 Å². The van der Waals surface area contributed by atoms with Crippen molar-refractivity contribution in [3.63, 3.8) is 0 Å². The molecule has 2 N–H and O–H groups in total. The van der Waals surface area contributed by atoms with Crippen LogP contribution in [-0.2, 0) is 24.4 Å². The summed E-state index contributed by atoms with van der Waals surface area (Å²) >= 11 is 0. The van der Waals surface area contributed by atoms with Gasteiger partial charge in [-0.2, -0.15) is 0 Å². The predicted molar refractivity (Wildman–Crippen MR) is 160 cm³/mol. The summed E-state index contributed by atoms with van der Waals surface area (Å²) in [7, 11) is 0. The van der Waals surface area contributed by atoms with E-state index in [0.717, 1.165) is 42.8 Å². The molecule has 2 atom stereocenters. The minimum atomic E-state index is -1.00. The van der Waals surface area contributed by atoms with Gasteiger partial charge in [-0.3, -0.25) is 29.5 Å². The Morgan fingerprint density at radius 1 is 0.690 bits per heavy atom. The molecule has 9 nitrogen and oxygen atoms in total. The number of aromatic carboxylic acids is 1. The number of hydrogen-bond donors (Lipinski definition) is 2. The Morgan fingerprint density at radius 2 is 1.17 bits per heavy atom. The molecule has 3 heterocycles. The van der Waals surface area contributed by atoms with E-state index in [-0.39, 0.29) is 30.1 Å². The van der Waals surface area contributed by atoms with E-state index in [0.29, 0.717) is 25.3 Å². The molecule has 1 aliphatic carbocycles. The first-order valence-corrected chi connectivity index (χ1v) is 14.4. The second kappa shape index (κ2) is 14.4. The first-order valence-electron chi connectivity index (χ1n) is 14.4. The quantitative estimate of drug-likeness (QED) is 0.247. The van der Waals surface area contributed by atoms with Gasteiger partial charge in [-0.25, -0.2) is 4.79 Å². The van der Waals surface area contributed by atoms with Crippen LogP contribution in [0.5, 0.6) is 0 Å². The van der Waals surface area contributed by atoms with Crippen LogP contribution in [0.4, 0.5) is 5.69 Å². The second-order valence-electron chi connectivity index (χ2n) is 10.6. The van der Waals surface area contributed by atoms with Gasteiger partial charge in [-0.15, -0.1) is 0 Å². The fourth-order valence-electron chi connectivity index (χ4n) is 5.70. The number of aromatic nitrogens is 3. The molecule has 0 spiro atoms. The van der Waals surface area contributed by atoms with E-state index in [1.165, 1.54) is 12.1 Å². The Morgan fingerprint density at radius 3 is 1.62 bits per heavy atom. The van der Waals surface area contributed by atoms with Crippen LogP contribution >= 0.6 is 0 Å². The van der Waals surface area contributed by atoms with Crippen LogP contribution in [0.25, 0.3) is 0 Å². The Labute approximate surface area is 246 Å². The van der Waals surface area contributed by atoms with Crippen molar-refractivity contribution in [1.29, 1.82) is 0 Å². The summed E-state index contributed by atoms with van der Waals surface area (Å²) in [6, 6.07) is 24.4. The van der Waals surface area contributed by atoms with E-state index in [1.54, 1.807) is 18.3 Å². The second-order valence-corrected chi connectivity index (χ2v) is 10.6. The molecule has 42 heavy (non-hydrogen) atoms. The van der Waals surface area contributed by atoms with Crippen LogP contribution in [0.15, 0.2) is 97.5 Å². The fraction of sp³-hybridized carbons (Fsp3) is 0.303. The van der Waals surface area contributed by atoms with Crippen molar-refractivity contribution in [2.45, 2.75) is 57.4 Å². The van der Waals surface area contributed by atoms with Crippen molar-refractivity contribution in [2.24, 2.45) is 0 Å². The Kier molecular flexibility index (Phi) is 9.98. The normalized spacial score (nSPS) is 16.8. The number of carboxylic acids is 1. The molecule has 3 aromatic heterocycles.